The van der Waals surface area contributed by atoms with Crippen LogP contribution in [0.3, 0.4) is 0 Å². The van der Waals surface area contributed by atoms with Crippen LogP contribution in [-0.2, 0) is 6.42 Å². The van der Waals surface area contributed by atoms with Crippen molar-refractivity contribution in [2.45, 2.75) is 46.6 Å². The van der Waals surface area contributed by atoms with Crippen molar-refractivity contribution in [3.8, 4) is 0 Å². The predicted octanol–water partition coefficient (Wildman–Crippen LogP) is 3.56. The molecule has 1 aromatic rings. The van der Waals surface area contributed by atoms with Gasteiger partial charge in [0.05, 0.1) is 0 Å². The summed E-state index contributed by atoms with van der Waals surface area (Å²) in [4.78, 5) is 18.5. The molecule has 1 heterocycles. The maximum atomic E-state index is 12.4. The molecule has 0 aliphatic carbocycles. The van der Waals surface area contributed by atoms with Crippen molar-refractivity contribution in [1.82, 2.24) is 9.88 Å². The van der Waals surface area contributed by atoms with Crippen LogP contribution >= 0.6 is 11.6 Å². The lowest BCUT2D eigenvalue weighted by Crippen LogP contribution is -2.37. The van der Waals surface area contributed by atoms with Crippen molar-refractivity contribution < 1.29 is 4.79 Å². The molecule has 0 radical (unpaired) electrons. The third-order valence-corrected chi connectivity index (χ3v) is 3.00. The summed E-state index contributed by atoms with van der Waals surface area (Å²) < 4.78 is 0. The number of rotatable bonds is 5. The van der Waals surface area contributed by atoms with Crippen LogP contribution in [0.4, 0.5) is 0 Å². The van der Waals surface area contributed by atoms with Crippen LogP contribution in [0.5, 0.6) is 0 Å². The predicted molar refractivity (Wildman–Crippen MR) is 75.1 cm³/mol. The largest absolute Gasteiger partial charge is 0.336 e. The van der Waals surface area contributed by atoms with E-state index in [0.29, 0.717) is 10.7 Å². The first-order valence-corrected chi connectivity index (χ1v) is 6.84. The van der Waals surface area contributed by atoms with E-state index in [9.17, 15) is 4.79 Å². The van der Waals surface area contributed by atoms with Crippen LogP contribution < -0.4 is 0 Å². The fourth-order valence-corrected chi connectivity index (χ4v) is 2.08. The summed E-state index contributed by atoms with van der Waals surface area (Å²) in [6.07, 6.45) is 1.72. The van der Waals surface area contributed by atoms with Gasteiger partial charge >= 0.3 is 0 Å². The maximum absolute atomic E-state index is 12.4. The Morgan fingerprint density at radius 3 is 2.56 bits per heavy atom. The molecule has 1 rings (SSSR count). The van der Waals surface area contributed by atoms with E-state index in [4.69, 9.17) is 11.6 Å². The van der Waals surface area contributed by atoms with E-state index in [0.717, 1.165) is 25.1 Å². The average molecular weight is 269 g/mol. The van der Waals surface area contributed by atoms with Crippen LogP contribution in [0.1, 0.15) is 50.2 Å². The second-order valence-corrected chi connectivity index (χ2v) is 5.00. The third kappa shape index (κ3) is 3.70. The Morgan fingerprint density at radius 2 is 2.06 bits per heavy atom. The van der Waals surface area contributed by atoms with Crippen molar-refractivity contribution in [1.29, 1.82) is 0 Å². The van der Waals surface area contributed by atoms with Gasteiger partial charge in [0.25, 0.3) is 5.91 Å². The number of carbonyl (C=O) groups is 1. The maximum Gasteiger partial charge on any atom is 0.254 e. The minimum absolute atomic E-state index is 0.0332. The number of pyridine rings is 1. The monoisotopic (exact) mass is 268 g/mol. The lowest BCUT2D eigenvalue weighted by Gasteiger charge is -2.26. The second-order valence-electron chi connectivity index (χ2n) is 4.62. The summed E-state index contributed by atoms with van der Waals surface area (Å²) in [6, 6.07) is 3.67. The normalized spacial score (nSPS) is 10.8. The minimum atomic E-state index is 0.0332. The van der Waals surface area contributed by atoms with Crippen LogP contribution in [0.15, 0.2) is 12.1 Å². The Morgan fingerprint density at radius 1 is 1.39 bits per heavy atom. The van der Waals surface area contributed by atoms with Crippen LogP contribution in [-0.4, -0.2) is 28.4 Å². The van der Waals surface area contributed by atoms with Gasteiger partial charge in [0.1, 0.15) is 5.15 Å². The number of hydrogen-bond acceptors (Lipinski definition) is 2. The molecule has 0 spiro atoms. The van der Waals surface area contributed by atoms with E-state index in [1.165, 1.54) is 0 Å². The molecule has 0 atom stereocenters. The van der Waals surface area contributed by atoms with E-state index < -0.39 is 0 Å². The quantitative estimate of drug-likeness (QED) is 0.765. The molecule has 0 aliphatic heterocycles. The van der Waals surface area contributed by atoms with E-state index in [-0.39, 0.29) is 11.9 Å². The Labute approximate surface area is 114 Å². The molecule has 0 aromatic carbocycles. The number of nitrogens with zero attached hydrogens (tertiary/aromatic N) is 2. The lowest BCUT2D eigenvalue weighted by molar-refractivity contribution is 0.0705. The summed E-state index contributed by atoms with van der Waals surface area (Å²) in [5.41, 5.74) is 1.49. The molecule has 0 saturated heterocycles. The number of aromatic nitrogens is 1. The Bertz CT molecular complexity index is 418. The van der Waals surface area contributed by atoms with Crippen LogP contribution in [0, 0.1) is 0 Å². The highest BCUT2D eigenvalue weighted by Gasteiger charge is 2.18. The van der Waals surface area contributed by atoms with Gasteiger partial charge < -0.3 is 4.90 Å². The summed E-state index contributed by atoms with van der Waals surface area (Å²) in [5, 5.41) is 0.387. The Balaban J connectivity index is 3.04. The van der Waals surface area contributed by atoms with E-state index >= 15 is 0 Å². The zero-order valence-electron chi connectivity index (χ0n) is 11.5. The molecule has 100 valence electrons. The molecule has 0 N–H and O–H groups in total. The first-order chi connectivity index (χ1) is 8.49. The highest BCUT2D eigenvalue weighted by Crippen LogP contribution is 2.15. The molecule has 0 bridgehead atoms. The SMILES string of the molecule is CCCN(C(=O)c1cc(Cl)nc(CC)c1)C(C)C. The third-order valence-electron chi connectivity index (χ3n) is 2.81. The molecule has 1 aromatic heterocycles. The number of aryl methyl sites for hydroxylation is 1. The fraction of sp³-hybridized carbons (Fsp3) is 0.571. The average Bonchev–Trinajstić information content (AvgIpc) is 2.33. The topological polar surface area (TPSA) is 33.2 Å². The van der Waals surface area contributed by atoms with E-state index in [2.05, 4.69) is 11.9 Å². The Kier molecular flexibility index (Phi) is 5.60. The van der Waals surface area contributed by atoms with Gasteiger partial charge in [0.15, 0.2) is 0 Å². The van der Waals surface area contributed by atoms with Gasteiger partial charge in [-0.15, -0.1) is 0 Å². The second kappa shape index (κ2) is 6.74. The first-order valence-electron chi connectivity index (χ1n) is 6.47. The molecule has 0 unspecified atom stereocenters. The molecular weight excluding hydrogens is 248 g/mol. The number of amides is 1. The molecule has 0 aliphatic rings. The van der Waals surface area contributed by atoms with Gasteiger partial charge in [-0.1, -0.05) is 25.4 Å². The minimum Gasteiger partial charge on any atom is -0.336 e. The van der Waals surface area contributed by atoms with Gasteiger partial charge in [-0.05, 0) is 38.8 Å². The number of hydrogen-bond donors (Lipinski definition) is 0. The van der Waals surface area contributed by atoms with Gasteiger partial charge in [-0.3, -0.25) is 4.79 Å². The molecule has 1 amide bonds. The van der Waals surface area contributed by atoms with Gasteiger partial charge in [0.2, 0.25) is 0 Å². The molecule has 18 heavy (non-hydrogen) atoms. The zero-order valence-corrected chi connectivity index (χ0v) is 12.3. The molecule has 4 heteroatoms. The van der Waals surface area contributed by atoms with Gasteiger partial charge in [-0.2, -0.15) is 0 Å². The molecule has 0 saturated carbocycles. The van der Waals surface area contributed by atoms with Crippen LogP contribution in [0.2, 0.25) is 5.15 Å². The summed E-state index contributed by atoms with van der Waals surface area (Å²) in [5.74, 6) is 0.0332. The molecule has 0 fully saturated rings. The van der Waals surface area contributed by atoms with Crippen LogP contribution in [0.25, 0.3) is 0 Å². The lowest BCUT2D eigenvalue weighted by atomic mass is 10.1. The summed E-state index contributed by atoms with van der Waals surface area (Å²) in [7, 11) is 0. The number of carbonyl (C=O) groups excluding carboxylic acids is 1. The van der Waals surface area contributed by atoms with E-state index in [1.54, 1.807) is 6.07 Å². The van der Waals surface area contributed by atoms with Crippen molar-refractivity contribution in [2.24, 2.45) is 0 Å². The van der Waals surface area contributed by atoms with Crippen molar-refractivity contribution in [3.63, 3.8) is 0 Å². The smallest absolute Gasteiger partial charge is 0.254 e. The van der Waals surface area contributed by atoms with E-state index in [1.807, 2.05) is 31.7 Å². The summed E-state index contributed by atoms with van der Waals surface area (Å²) >= 11 is 5.95. The van der Waals surface area contributed by atoms with Crippen molar-refractivity contribution >= 4 is 17.5 Å². The van der Waals surface area contributed by atoms with Crippen molar-refractivity contribution in [3.05, 3.63) is 28.5 Å². The zero-order chi connectivity index (χ0) is 13.7. The van der Waals surface area contributed by atoms with Crippen molar-refractivity contribution in [2.75, 3.05) is 6.54 Å². The standard InChI is InChI=1S/C14H21ClN2O/c1-5-7-17(10(3)4)14(18)11-8-12(6-2)16-13(15)9-11/h8-10H,5-7H2,1-4H3. The molecule has 3 nitrogen and oxygen atoms in total. The highest BCUT2D eigenvalue weighted by molar-refractivity contribution is 6.29. The number of halogens is 1. The fourth-order valence-electron chi connectivity index (χ4n) is 1.86. The first kappa shape index (κ1) is 15.0. The summed E-state index contributed by atoms with van der Waals surface area (Å²) in [6.45, 7) is 8.88. The highest BCUT2D eigenvalue weighted by atomic mass is 35.5. The Hall–Kier alpha value is -1.09. The van der Waals surface area contributed by atoms with Gasteiger partial charge in [0, 0.05) is 23.8 Å². The molecular formula is C14H21ClN2O. The van der Waals surface area contributed by atoms with Gasteiger partial charge in [-0.25, -0.2) is 4.98 Å².